The third kappa shape index (κ3) is 2.27. The van der Waals surface area contributed by atoms with Gasteiger partial charge in [-0.25, -0.2) is 9.97 Å². The molecule has 0 spiro atoms. The minimum Gasteiger partial charge on any atom is -0.393 e. The van der Waals surface area contributed by atoms with E-state index < -0.39 is 0 Å². The smallest absolute Gasteiger partial charge is 0.152 e. The number of hydrogen-bond donors (Lipinski definition) is 3. The van der Waals surface area contributed by atoms with Crippen LogP contribution in [0.3, 0.4) is 0 Å². The minimum atomic E-state index is -0.162. The van der Waals surface area contributed by atoms with E-state index in [1.54, 1.807) is 0 Å². The highest BCUT2D eigenvalue weighted by molar-refractivity contribution is 9.10. The molecule has 4 rings (SSSR count). The summed E-state index contributed by atoms with van der Waals surface area (Å²) in [6.45, 7) is 0. The van der Waals surface area contributed by atoms with Gasteiger partial charge in [0.25, 0.3) is 0 Å². The number of aliphatic hydroxyl groups is 1. The number of pyridine rings is 1. The number of nitrogens with one attached hydrogen (secondary N) is 1. The van der Waals surface area contributed by atoms with Crippen LogP contribution in [0, 0.1) is 0 Å². The van der Waals surface area contributed by atoms with Crippen molar-refractivity contribution in [3.05, 3.63) is 28.5 Å². The first-order valence-corrected chi connectivity index (χ1v) is 8.33. The zero-order chi connectivity index (χ0) is 15.3. The van der Waals surface area contributed by atoms with Gasteiger partial charge in [0.05, 0.1) is 17.1 Å². The molecule has 22 heavy (non-hydrogen) atoms. The first-order valence-electron chi connectivity index (χ1n) is 7.54. The van der Waals surface area contributed by atoms with Gasteiger partial charge in [-0.15, -0.1) is 0 Å². The molecule has 6 heteroatoms. The minimum absolute atomic E-state index is 0.162. The third-order valence-electron chi connectivity index (χ3n) is 4.52. The standard InChI is InChI=1S/C16H17BrN4O/c17-9-3-6-11-12(7-9)19-15(18)14-13(11)20-16(21-14)8-1-4-10(22)5-2-8/h3,6-8,10,22H,1-2,4-5H2,(H2,18,19)(H,20,21)/t8-,10+. The van der Waals surface area contributed by atoms with Crippen molar-refractivity contribution in [2.45, 2.75) is 37.7 Å². The van der Waals surface area contributed by atoms with Crippen molar-refractivity contribution in [2.24, 2.45) is 0 Å². The van der Waals surface area contributed by atoms with Crippen molar-refractivity contribution >= 4 is 43.7 Å². The maximum atomic E-state index is 9.66. The van der Waals surface area contributed by atoms with Crippen molar-refractivity contribution in [3.63, 3.8) is 0 Å². The molecule has 3 aromatic rings. The summed E-state index contributed by atoms with van der Waals surface area (Å²) in [5.74, 6) is 1.78. The van der Waals surface area contributed by atoms with E-state index in [2.05, 4.69) is 25.9 Å². The first kappa shape index (κ1) is 14.0. The predicted molar refractivity (Wildman–Crippen MR) is 90.7 cm³/mol. The number of nitrogens with two attached hydrogens (primary N) is 1. The van der Waals surface area contributed by atoms with Crippen molar-refractivity contribution in [1.82, 2.24) is 15.0 Å². The lowest BCUT2D eigenvalue weighted by Gasteiger charge is -2.23. The van der Waals surface area contributed by atoms with Crippen LogP contribution in [0.25, 0.3) is 21.9 Å². The molecule has 0 bridgehead atoms. The van der Waals surface area contributed by atoms with E-state index in [0.717, 1.165) is 57.9 Å². The number of imidazole rings is 1. The fourth-order valence-electron chi connectivity index (χ4n) is 3.31. The molecule has 4 N–H and O–H groups in total. The number of aromatic nitrogens is 3. The number of nitrogens with zero attached hydrogens (tertiary/aromatic N) is 2. The highest BCUT2D eigenvalue weighted by Gasteiger charge is 2.24. The second kappa shape index (κ2) is 5.21. The summed E-state index contributed by atoms with van der Waals surface area (Å²) in [6.07, 6.45) is 3.42. The van der Waals surface area contributed by atoms with Gasteiger partial charge in [0.15, 0.2) is 5.82 Å². The second-order valence-electron chi connectivity index (χ2n) is 6.01. The summed E-state index contributed by atoms with van der Waals surface area (Å²) in [7, 11) is 0. The van der Waals surface area contributed by atoms with E-state index in [4.69, 9.17) is 10.7 Å². The Bertz CT molecular complexity index is 852. The third-order valence-corrected chi connectivity index (χ3v) is 5.01. The van der Waals surface area contributed by atoms with Crippen LogP contribution in [0.4, 0.5) is 5.82 Å². The van der Waals surface area contributed by atoms with Crippen molar-refractivity contribution in [1.29, 1.82) is 0 Å². The molecule has 1 fully saturated rings. The zero-order valence-electron chi connectivity index (χ0n) is 12.0. The second-order valence-corrected chi connectivity index (χ2v) is 6.93. The van der Waals surface area contributed by atoms with Gasteiger partial charge in [-0.05, 0) is 43.9 Å². The average Bonchev–Trinajstić information content (AvgIpc) is 2.93. The Hall–Kier alpha value is -1.66. The number of fused-ring (bicyclic) bond motifs is 3. The highest BCUT2D eigenvalue weighted by Crippen LogP contribution is 2.35. The van der Waals surface area contributed by atoms with Crippen LogP contribution in [-0.4, -0.2) is 26.2 Å². The van der Waals surface area contributed by atoms with Crippen LogP contribution in [0.15, 0.2) is 22.7 Å². The van der Waals surface area contributed by atoms with Gasteiger partial charge in [-0.3, -0.25) is 0 Å². The summed E-state index contributed by atoms with van der Waals surface area (Å²) in [4.78, 5) is 12.6. The zero-order valence-corrected chi connectivity index (χ0v) is 13.6. The molecule has 5 nitrogen and oxygen atoms in total. The van der Waals surface area contributed by atoms with E-state index in [1.807, 2.05) is 18.2 Å². The number of H-pyrrole nitrogens is 1. The number of halogens is 1. The number of hydrogen-bond acceptors (Lipinski definition) is 4. The average molecular weight is 361 g/mol. The van der Waals surface area contributed by atoms with Gasteiger partial charge in [-0.1, -0.05) is 15.9 Å². The SMILES string of the molecule is Nc1nc2cc(Br)ccc2c2[nH]c([C@H]3CC[C@@H](O)CC3)nc12. The molecule has 1 aliphatic carbocycles. The van der Waals surface area contributed by atoms with E-state index in [9.17, 15) is 5.11 Å². The van der Waals surface area contributed by atoms with Gasteiger partial charge >= 0.3 is 0 Å². The molecule has 2 heterocycles. The van der Waals surface area contributed by atoms with Crippen LogP contribution in [0.1, 0.15) is 37.4 Å². The van der Waals surface area contributed by atoms with Gasteiger partial charge in [0.1, 0.15) is 11.3 Å². The van der Waals surface area contributed by atoms with E-state index in [-0.39, 0.29) is 6.10 Å². The molecule has 2 aromatic heterocycles. The van der Waals surface area contributed by atoms with Crippen LogP contribution in [0.5, 0.6) is 0 Å². The molecule has 0 saturated heterocycles. The Morgan fingerprint density at radius 3 is 2.73 bits per heavy atom. The maximum Gasteiger partial charge on any atom is 0.152 e. The molecule has 0 aliphatic heterocycles. The topological polar surface area (TPSA) is 87.8 Å². The lowest BCUT2D eigenvalue weighted by Crippen LogP contribution is -2.17. The highest BCUT2D eigenvalue weighted by atomic mass is 79.9. The van der Waals surface area contributed by atoms with Crippen molar-refractivity contribution < 1.29 is 5.11 Å². The monoisotopic (exact) mass is 360 g/mol. The number of rotatable bonds is 1. The van der Waals surface area contributed by atoms with Crippen LogP contribution < -0.4 is 5.73 Å². The van der Waals surface area contributed by atoms with Gasteiger partial charge in [0, 0.05) is 15.8 Å². The van der Waals surface area contributed by atoms with Gasteiger partial charge < -0.3 is 15.8 Å². The molecule has 0 amide bonds. The normalized spacial score (nSPS) is 22.5. The number of aliphatic hydroxyl groups excluding tert-OH is 1. The molecule has 1 aliphatic rings. The molecule has 0 unspecified atom stereocenters. The fraction of sp³-hybridized carbons (Fsp3) is 0.375. The number of benzene rings is 1. The first-order chi connectivity index (χ1) is 10.6. The Morgan fingerprint density at radius 1 is 1.18 bits per heavy atom. The van der Waals surface area contributed by atoms with Gasteiger partial charge in [0.2, 0.25) is 0 Å². The molecule has 0 atom stereocenters. The predicted octanol–water partition coefficient (Wildman–Crippen LogP) is 3.47. The molecule has 114 valence electrons. The van der Waals surface area contributed by atoms with E-state index in [0.29, 0.717) is 11.7 Å². The lowest BCUT2D eigenvalue weighted by atomic mass is 9.87. The molecular weight excluding hydrogens is 344 g/mol. The fourth-order valence-corrected chi connectivity index (χ4v) is 3.65. The van der Waals surface area contributed by atoms with Crippen LogP contribution in [-0.2, 0) is 0 Å². The quantitative estimate of drug-likeness (QED) is 0.619. The number of nitrogen functional groups attached to an aromatic ring is 1. The van der Waals surface area contributed by atoms with Gasteiger partial charge in [-0.2, -0.15) is 0 Å². The molecule has 1 aromatic carbocycles. The Labute approximate surface area is 136 Å². The number of aromatic amines is 1. The van der Waals surface area contributed by atoms with Crippen molar-refractivity contribution in [2.75, 3.05) is 5.73 Å². The Morgan fingerprint density at radius 2 is 1.95 bits per heavy atom. The summed E-state index contributed by atoms with van der Waals surface area (Å²) < 4.78 is 0.979. The lowest BCUT2D eigenvalue weighted by molar-refractivity contribution is 0.121. The summed E-state index contributed by atoms with van der Waals surface area (Å²) >= 11 is 3.46. The Balaban J connectivity index is 1.86. The van der Waals surface area contributed by atoms with Crippen molar-refractivity contribution in [3.8, 4) is 0 Å². The summed E-state index contributed by atoms with van der Waals surface area (Å²) in [6, 6.07) is 5.99. The molecular formula is C16H17BrN4O. The van der Waals surface area contributed by atoms with Crippen LogP contribution >= 0.6 is 15.9 Å². The van der Waals surface area contributed by atoms with E-state index >= 15 is 0 Å². The molecule has 0 radical (unpaired) electrons. The Kier molecular flexibility index (Phi) is 3.31. The maximum absolute atomic E-state index is 9.66. The summed E-state index contributed by atoms with van der Waals surface area (Å²) in [5, 5.41) is 10.7. The molecule has 1 saturated carbocycles. The summed E-state index contributed by atoms with van der Waals surface area (Å²) in [5.41, 5.74) is 8.64. The van der Waals surface area contributed by atoms with E-state index in [1.165, 1.54) is 0 Å². The number of anilines is 1. The van der Waals surface area contributed by atoms with Crippen LogP contribution in [0.2, 0.25) is 0 Å². The largest absolute Gasteiger partial charge is 0.393 e.